The van der Waals surface area contributed by atoms with Crippen molar-refractivity contribution >= 4 is 21.4 Å². The van der Waals surface area contributed by atoms with Crippen molar-refractivity contribution in [1.82, 2.24) is 14.5 Å². The highest BCUT2D eigenvalue weighted by atomic mass is 32.2. The first-order chi connectivity index (χ1) is 9.42. The third-order valence-corrected chi connectivity index (χ3v) is 6.03. The standard InChI is InChI=1S/C12H17N3O3S2/c1-9-5-12(19-11(9)8-16)20(17,18)14-4-3-10-6-13-15(2)7-10/h5-7,14,16H,3-4,8H2,1-2H3. The van der Waals surface area contributed by atoms with Crippen LogP contribution in [0.5, 0.6) is 0 Å². The van der Waals surface area contributed by atoms with Crippen LogP contribution in [0.4, 0.5) is 0 Å². The summed E-state index contributed by atoms with van der Waals surface area (Å²) in [7, 11) is -1.69. The van der Waals surface area contributed by atoms with Crippen molar-refractivity contribution in [1.29, 1.82) is 0 Å². The molecule has 2 aromatic rings. The van der Waals surface area contributed by atoms with Crippen LogP contribution in [0.3, 0.4) is 0 Å². The van der Waals surface area contributed by atoms with E-state index in [2.05, 4.69) is 9.82 Å². The van der Waals surface area contributed by atoms with Gasteiger partial charge < -0.3 is 5.11 Å². The zero-order valence-electron chi connectivity index (χ0n) is 11.3. The van der Waals surface area contributed by atoms with Crippen molar-refractivity contribution in [3.05, 3.63) is 34.5 Å². The number of thiophene rings is 1. The number of rotatable bonds is 6. The van der Waals surface area contributed by atoms with Crippen molar-refractivity contribution in [3.8, 4) is 0 Å². The predicted octanol–water partition coefficient (Wildman–Crippen LogP) is 0.803. The van der Waals surface area contributed by atoms with Crippen LogP contribution in [0.15, 0.2) is 22.7 Å². The molecule has 0 aliphatic heterocycles. The lowest BCUT2D eigenvalue weighted by Gasteiger charge is -2.03. The summed E-state index contributed by atoms with van der Waals surface area (Å²) < 4.78 is 28.7. The molecule has 2 heterocycles. The topological polar surface area (TPSA) is 84.2 Å². The average Bonchev–Trinajstić information content (AvgIpc) is 2.95. The number of hydrogen-bond donors (Lipinski definition) is 2. The molecule has 0 amide bonds. The maximum Gasteiger partial charge on any atom is 0.250 e. The van der Waals surface area contributed by atoms with Crippen molar-refractivity contribution in [2.24, 2.45) is 7.05 Å². The lowest BCUT2D eigenvalue weighted by molar-refractivity contribution is 0.285. The molecule has 20 heavy (non-hydrogen) atoms. The zero-order chi connectivity index (χ0) is 14.8. The fraction of sp³-hybridized carbons (Fsp3) is 0.417. The number of aliphatic hydroxyl groups excluding tert-OH is 1. The molecule has 0 bridgehead atoms. The molecule has 0 saturated carbocycles. The molecule has 6 nitrogen and oxygen atoms in total. The third kappa shape index (κ3) is 3.45. The molecule has 0 aliphatic rings. The highest BCUT2D eigenvalue weighted by Crippen LogP contribution is 2.25. The highest BCUT2D eigenvalue weighted by Gasteiger charge is 2.18. The molecular formula is C12H17N3O3S2. The number of hydrogen-bond acceptors (Lipinski definition) is 5. The van der Waals surface area contributed by atoms with E-state index in [1.807, 2.05) is 13.2 Å². The molecule has 2 aromatic heterocycles. The normalized spacial score (nSPS) is 11.9. The monoisotopic (exact) mass is 315 g/mol. The van der Waals surface area contributed by atoms with Crippen LogP contribution in [-0.2, 0) is 30.1 Å². The fourth-order valence-corrected chi connectivity index (χ4v) is 4.31. The van der Waals surface area contributed by atoms with Gasteiger partial charge in [-0.3, -0.25) is 4.68 Å². The van der Waals surface area contributed by atoms with Gasteiger partial charge >= 0.3 is 0 Å². The molecule has 0 radical (unpaired) electrons. The van der Waals surface area contributed by atoms with Gasteiger partial charge in [0.2, 0.25) is 10.0 Å². The Labute approximate surface area is 122 Å². The molecule has 2 rings (SSSR count). The zero-order valence-corrected chi connectivity index (χ0v) is 13.0. The number of aryl methyl sites for hydroxylation is 2. The minimum atomic E-state index is -3.51. The Morgan fingerprint density at radius 1 is 1.50 bits per heavy atom. The molecule has 2 N–H and O–H groups in total. The van der Waals surface area contributed by atoms with Crippen molar-refractivity contribution in [2.45, 2.75) is 24.2 Å². The fourth-order valence-electron chi connectivity index (χ4n) is 1.78. The van der Waals surface area contributed by atoms with Gasteiger partial charge in [0.1, 0.15) is 4.21 Å². The Balaban J connectivity index is 2.00. The van der Waals surface area contributed by atoms with Crippen LogP contribution in [0, 0.1) is 6.92 Å². The van der Waals surface area contributed by atoms with E-state index in [9.17, 15) is 8.42 Å². The molecule has 110 valence electrons. The van der Waals surface area contributed by atoms with Gasteiger partial charge in [0.15, 0.2) is 0 Å². The second-order valence-corrected chi connectivity index (χ2v) is 7.63. The van der Waals surface area contributed by atoms with Crippen LogP contribution in [0.2, 0.25) is 0 Å². The molecule has 0 atom stereocenters. The van der Waals surface area contributed by atoms with Gasteiger partial charge in [0.05, 0.1) is 12.8 Å². The maximum absolute atomic E-state index is 12.1. The van der Waals surface area contributed by atoms with Gasteiger partial charge in [0.25, 0.3) is 0 Å². The summed E-state index contributed by atoms with van der Waals surface area (Å²) in [6.45, 7) is 1.97. The van der Waals surface area contributed by atoms with Gasteiger partial charge in [-0.25, -0.2) is 13.1 Å². The third-order valence-electron chi connectivity index (χ3n) is 2.87. The molecule has 8 heteroatoms. The number of aliphatic hydroxyl groups is 1. The number of nitrogens with zero attached hydrogens (tertiary/aromatic N) is 2. The molecule has 0 saturated heterocycles. The van der Waals surface area contributed by atoms with Gasteiger partial charge in [0, 0.05) is 24.7 Å². The predicted molar refractivity (Wildman–Crippen MR) is 77.1 cm³/mol. The Hall–Kier alpha value is -1.22. The molecule has 0 spiro atoms. The lowest BCUT2D eigenvalue weighted by atomic mass is 10.3. The maximum atomic E-state index is 12.1. The molecule has 0 aromatic carbocycles. The minimum absolute atomic E-state index is 0.137. The van der Waals surface area contributed by atoms with E-state index in [0.29, 0.717) is 17.8 Å². The van der Waals surface area contributed by atoms with Crippen LogP contribution >= 0.6 is 11.3 Å². The Kier molecular flexibility index (Phi) is 4.59. The number of nitrogens with one attached hydrogen (secondary N) is 1. The minimum Gasteiger partial charge on any atom is -0.391 e. The van der Waals surface area contributed by atoms with Crippen LogP contribution < -0.4 is 4.72 Å². The summed E-state index contributed by atoms with van der Waals surface area (Å²) in [4.78, 5) is 0.678. The smallest absolute Gasteiger partial charge is 0.250 e. The summed E-state index contributed by atoms with van der Waals surface area (Å²) in [5.74, 6) is 0. The van der Waals surface area contributed by atoms with E-state index in [1.165, 1.54) is 0 Å². The molecule has 0 aliphatic carbocycles. The van der Waals surface area contributed by atoms with Gasteiger partial charge in [-0.2, -0.15) is 5.10 Å². The van der Waals surface area contributed by atoms with Gasteiger partial charge in [-0.05, 0) is 30.5 Å². The quantitative estimate of drug-likeness (QED) is 0.826. The summed E-state index contributed by atoms with van der Waals surface area (Å²) >= 11 is 1.10. The summed E-state index contributed by atoms with van der Waals surface area (Å²) in [5.41, 5.74) is 1.78. The van der Waals surface area contributed by atoms with E-state index in [1.54, 1.807) is 23.9 Å². The molecule has 0 unspecified atom stereocenters. The summed E-state index contributed by atoms with van der Waals surface area (Å²) in [6.07, 6.45) is 4.16. The SMILES string of the molecule is Cc1cc(S(=O)(=O)NCCc2cnn(C)c2)sc1CO. The Morgan fingerprint density at radius 2 is 2.25 bits per heavy atom. The van der Waals surface area contributed by atoms with Crippen molar-refractivity contribution in [2.75, 3.05) is 6.54 Å². The van der Waals surface area contributed by atoms with Crippen molar-refractivity contribution in [3.63, 3.8) is 0 Å². The number of sulfonamides is 1. The van der Waals surface area contributed by atoms with E-state index >= 15 is 0 Å². The average molecular weight is 315 g/mol. The Bertz CT molecular complexity index is 689. The van der Waals surface area contributed by atoms with Gasteiger partial charge in [-0.1, -0.05) is 0 Å². The van der Waals surface area contributed by atoms with E-state index in [-0.39, 0.29) is 10.8 Å². The summed E-state index contributed by atoms with van der Waals surface area (Å²) in [6, 6.07) is 1.59. The lowest BCUT2D eigenvalue weighted by Crippen LogP contribution is -2.25. The summed E-state index contributed by atoms with van der Waals surface area (Å²) in [5, 5.41) is 13.1. The Morgan fingerprint density at radius 3 is 2.80 bits per heavy atom. The molecule has 0 fully saturated rings. The van der Waals surface area contributed by atoms with E-state index in [4.69, 9.17) is 5.11 Å². The first kappa shape index (κ1) is 15.2. The highest BCUT2D eigenvalue weighted by molar-refractivity contribution is 7.91. The van der Waals surface area contributed by atoms with E-state index < -0.39 is 10.0 Å². The number of aromatic nitrogens is 2. The molecular weight excluding hydrogens is 298 g/mol. The van der Waals surface area contributed by atoms with Crippen LogP contribution in [-0.4, -0.2) is 29.8 Å². The van der Waals surface area contributed by atoms with Crippen LogP contribution in [0.25, 0.3) is 0 Å². The second kappa shape index (κ2) is 6.04. The largest absolute Gasteiger partial charge is 0.391 e. The van der Waals surface area contributed by atoms with Gasteiger partial charge in [-0.15, -0.1) is 11.3 Å². The van der Waals surface area contributed by atoms with E-state index in [0.717, 1.165) is 22.5 Å². The second-order valence-electron chi connectivity index (χ2n) is 4.50. The first-order valence-electron chi connectivity index (χ1n) is 6.10. The first-order valence-corrected chi connectivity index (χ1v) is 8.39. The van der Waals surface area contributed by atoms with Crippen LogP contribution in [0.1, 0.15) is 16.0 Å². The van der Waals surface area contributed by atoms with Crippen molar-refractivity contribution < 1.29 is 13.5 Å².